The summed E-state index contributed by atoms with van der Waals surface area (Å²) >= 11 is 0. The second-order valence-corrected chi connectivity index (χ2v) is 3.60. The molecule has 0 heterocycles. The monoisotopic (exact) mass is 156 g/mol. The van der Waals surface area contributed by atoms with Crippen molar-refractivity contribution >= 4 is 0 Å². The Morgan fingerprint density at radius 3 is 2.55 bits per heavy atom. The first-order valence-electron chi connectivity index (χ1n) is 4.60. The maximum absolute atomic E-state index is 3.89. The molecule has 1 atom stereocenters. The van der Waals surface area contributed by atoms with Crippen molar-refractivity contribution in [1.29, 1.82) is 0 Å². The summed E-state index contributed by atoms with van der Waals surface area (Å²) in [5.74, 6) is 0.854. The van der Waals surface area contributed by atoms with Crippen LogP contribution in [0, 0.1) is 5.92 Å². The highest BCUT2D eigenvalue weighted by Gasteiger charge is 2.00. The molecule has 3 N–H and O–H groups in total. The van der Waals surface area contributed by atoms with Gasteiger partial charge in [-0.25, -0.2) is 0 Å². The van der Waals surface area contributed by atoms with Crippen molar-refractivity contribution in [3.05, 3.63) is 12.2 Å². The van der Waals surface area contributed by atoms with E-state index in [1.165, 1.54) is 31.3 Å². The van der Waals surface area contributed by atoms with E-state index < -0.39 is 0 Å². The van der Waals surface area contributed by atoms with Crippen LogP contribution in [0.1, 0.15) is 39.5 Å². The van der Waals surface area contributed by atoms with Crippen LogP contribution in [-0.4, -0.2) is 6.54 Å². The van der Waals surface area contributed by atoms with Gasteiger partial charge < -0.3 is 5.73 Å². The molecule has 0 aliphatic rings. The fourth-order valence-corrected chi connectivity index (χ4v) is 1.25. The van der Waals surface area contributed by atoms with Crippen LogP contribution in [0.4, 0.5) is 0 Å². The second kappa shape index (κ2) is 6.41. The number of hydrogen-bond acceptors (Lipinski definition) is 0. The SMILES string of the molecule is C=C(C)CCCC(C)CC[NH3+]. The Bertz CT molecular complexity index is 107. The van der Waals surface area contributed by atoms with Crippen LogP contribution in [0.15, 0.2) is 12.2 Å². The van der Waals surface area contributed by atoms with E-state index in [2.05, 4.69) is 26.2 Å². The molecular weight excluding hydrogens is 134 g/mol. The standard InChI is InChI=1S/C10H21N/c1-9(2)5-4-6-10(3)7-8-11/h10H,1,4-8,11H2,2-3H3/p+1. The number of rotatable bonds is 6. The zero-order valence-corrected chi connectivity index (χ0v) is 8.03. The van der Waals surface area contributed by atoms with Crippen LogP contribution in [0.5, 0.6) is 0 Å². The summed E-state index contributed by atoms with van der Waals surface area (Å²) in [6, 6.07) is 0. The summed E-state index contributed by atoms with van der Waals surface area (Å²) < 4.78 is 0. The van der Waals surface area contributed by atoms with Gasteiger partial charge in [-0.3, -0.25) is 0 Å². The van der Waals surface area contributed by atoms with Crippen LogP contribution in [0.25, 0.3) is 0 Å². The van der Waals surface area contributed by atoms with Gasteiger partial charge in [0.25, 0.3) is 0 Å². The highest BCUT2D eigenvalue weighted by molar-refractivity contribution is 4.87. The third-order valence-electron chi connectivity index (χ3n) is 2.00. The zero-order valence-electron chi connectivity index (χ0n) is 8.03. The van der Waals surface area contributed by atoms with Gasteiger partial charge in [0.05, 0.1) is 6.54 Å². The zero-order chi connectivity index (χ0) is 8.69. The first-order valence-corrected chi connectivity index (χ1v) is 4.60. The van der Waals surface area contributed by atoms with Crippen LogP contribution in [0.2, 0.25) is 0 Å². The van der Waals surface area contributed by atoms with Crippen molar-refractivity contribution in [2.75, 3.05) is 6.54 Å². The van der Waals surface area contributed by atoms with Crippen LogP contribution >= 0.6 is 0 Å². The van der Waals surface area contributed by atoms with Gasteiger partial charge in [0.1, 0.15) is 0 Å². The molecule has 0 spiro atoms. The van der Waals surface area contributed by atoms with Gasteiger partial charge >= 0.3 is 0 Å². The largest absolute Gasteiger partial charge is 0.358 e. The maximum atomic E-state index is 3.89. The van der Waals surface area contributed by atoms with Gasteiger partial charge in [0.15, 0.2) is 0 Å². The topological polar surface area (TPSA) is 27.6 Å². The van der Waals surface area contributed by atoms with E-state index in [0.717, 1.165) is 12.5 Å². The number of quaternary nitrogens is 1. The molecular formula is C10H22N+. The van der Waals surface area contributed by atoms with Crippen molar-refractivity contribution in [2.24, 2.45) is 5.92 Å². The molecule has 0 bridgehead atoms. The highest BCUT2D eigenvalue weighted by atomic mass is 14.5. The van der Waals surface area contributed by atoms with E-state index in [1.54, 1.807) is 0 Å². The van der Waals surface area contributed by atoms with Gasteiger partial charge in [0.2, 0.25) is 0 Å². The maximum Gasteiger partial charge on any atom is 0.0742 e. The van der Waals surface area contributed by atoms with Crippen LogP contribution in [-0.2, 0) is 0 Å². The quantitative estimate of drug-likeness (QED) is 0.570. The van der Waals surface area contributed by atoms with Crippen LogP contribution in [0.3, 0.4) is 0 Å². The molecule has 1 heteroatoms. The van der Waals surface area contributed by atoms with E-state index in [9.17, 15) is 0 Å². The molecule has 0 amide bonds. The lowest BCUT2D eigenvalue weighted by molar-refractivity contribution is -0.370. The van der Waals surface area contributed by atoms with Crippen molar-refractivity contribution in [1.82, 2.24) is 0 Å². The van der Waals surface area contributed by atoms with Gasteiger partial charge in [-0.05, 0) is 32.1 Å². The smallest absolute Gasteiger partial charge is 0.0742 e. The molecule has 0 aromatic heterocycles. The van der Waals surface area contributed by atoms with E-state index in [-0.39, 0.29) is 0 Å². The second-order valence-electron chi connectivity index (χ2n) is 3.60. The Morgan fingerprint density at radius 1 is 1.45 bits per heavy atom. The predicted octanol–water partition coefficient (Wildman–Crippen LogP) is 2.00. The molecule has 11 heavy (non-hydrogen) atoms. The van der Waals surface area contributed by atoms with Crippen molar-refractivity contribution in [3.63, 3.8) is 0 Å². The van der Waals surface area contributed by atoms with Crippen LogP contribution < -0.4 is 5.73 Å². The average Bonchev–Trinajstić information content (AvgIpc) is 1.87. The van der Waals surface area contributed by atoms with E-state index in [4.69, 9.17) is 0 Å². The third-order valence-corrected chi connectivity index (χ3v) is 2.00. The molecule has 0 fully saturated rings. The van der Waals surface area contributed by atoms with Crippen molar-refractivity contribution < 1.29 is 5.73 Å². The molecule has 0 rings (SSSR count). The van der Waals surface area contributed by atoms with E-state index >= 15 is 0 Å². The third kappa shape index (κ3) is 7.60. The minimum atomic E-state index is 0.854. The Kier molecular flexibility index (Phi) is 6.24. The van der Waals surface area contributed by atoms with Crippen molar-refractivity contribution in [2.45, 2.75) is 39.5 Å². The lowest BCUT2D eigenvalue weighted by atomic mass is 9.99. The van der Waals surface area contributed by atoms with Gasteiger partial charge in [0, 0.05) is 0 Å². The molecule has 0 saturated carbocycles. The summed E-state index contributed by atoms with van der Waals surface area (Å²) in [6.07, 6.45) is 5.11. The Hall–Kier alpha value is -0.300. The lowest BCUT2D eigenvalue weighted by Crippen LogP contribution is -2.50. The number of allylic oxidation sites excluding steroid dienone is 1. The summed E-state index contributed by atoms with van der Waals surface area (Å²) in [4.78, 5) is 0. The molecule has 0 saturated heterocycles. The molecule has 0 aromatic rings. The number of hydrogen-bond donors (Lipinski definition) is 1. The molecule has 1 unspecified atom stereocenters. The Labute approximate surface area is 70.7 Å². The molecule has 0 aliphatic heterocycles. The van der Waals surface area contributed by atoms with Gasteiger partial charge in [-0.1, -0.05) is 18.9 Å². The fourth-order valence-electron chi connectivity index (χ4n) is 1.25. The van der Waals surface area contributed by atoms with Gasteiger partial charge in [-0.15, -0.1) is 6.58 Å². The minimum Gasteiger partial charge on any atom is -0.358 e. The first kappa shape index (κ1) is 10.7. The highest BCUT2D eigenvalue weighted by Crippen LogP contribution is 2.12. The lowest BCUT2D eigenvalue weighted by Gasteiger charge is -2.07. The molecule has 1 nitrogen and oxygen atoms in total. The molecule has 0 aromatic carbocycles. The van der Waals surface area contributed by atoms with E-state index in [1.807, 2.05) is 0 Å². The summed E-state index contributed by atoms with van der Waals surface area (Å²) in [5.41, 5.74) is 5.16. The minimum absolute atomic E-state index is 0.854. The van der Waals surface area contributed by atoms with E-state index in [0.29, 0.717) is 0 Å². The predicted molar refractivity (Wildman–Crippen MR) is 50.2 cm³/mol. The summed E-state index contributed by atoms with van der Waals surface area (Å²) in [6.45, 7) is 9.38. The Morgan fingerprint density at radius 2 is 2.09 bits per heavy atom. The molecule has 0 radical (unpaired) electrons. The average molecular weight is 156 g/mol. The van der Waals surface area contributed by atoms with Crippen molar-refractivity contribution in [3.8, 4) is 0 Å². The molecule has 0 aliphatic carbocycles. The summed E-state index contributed by atoms with van der Waals surface area (Å²) in [7, 11) is 0. The normalized spacial score (nSPS) is 13.0. The fraction of sp³-hybridized carbons (Fsp3) is 0.800. The van der Waals surface area contributed by atoms with Gasteiger partial charge in [-0.2, -0.15) is 0 Å². The Balaban J connectivity index is 3.16. The molecule has 66 valence electrons. The summed E-state index contributed by atoms with van der Waals surface area (Å²) in [5, 5.41) is 0. The first-order chi connectivity index (χ1) is 5.16.